The molecule has 1 aromatic heterocycles. The van der Waals surface area contributed by atoms with Crippen molar-refractivity contribution in [3.63, 3.8) is 0 Å². The van der Waals surface area contributed by atoms with E-state index in [0.717, 1.165) is 30.2 Å². The second kappa shape index (κ2) is 7.35. The minimum atomic E-state index is -0.717. The lowest BCUT2D eigenvalue weighted by Crippen LogP contribution is -2.42. The first kappa shape index (κ1) is 19.2. The highest BCUT2D eigenvalue weighted by molar-refractivity contribution is 9.10. The van der Waals surface area contributed by atoms with Gasteiger partial charge in [-0.25, -0.2) is 0 Å². The number of hydrogen-bond acceptors (Lipinski definition) is 4. The number of aromatic nitrogens is 2. The van der Waals surface area contributed by atoms with E-state index in [1.807, 2.05) is 12.1 Å². The van der Waals surface area contributed by atoms with E-state index in [1.54, 1.807) is 11.6 Å². The third-order valence-corrected chi connectivity index (χ3v) is 6.68. The second-order valence-electron chi connectivity index (χ2n) is 7.94. The molecule has 0 spiro atoms. The van der Waals surface area contributed by atoms with Gasteiger partial charge in [0.2, 0.25) is 5.75 Å². The number of fused-ring (bicyclic) bond motifs is 1. The van der Waals surface area contributed by atoms with Crippen molar-refractivity contribution in [3.05, 3.63) is 56.2 Å². The van der Waals surface area contributed by atoms with Gasteiger partial charge < -0.3 is 14.6 Å². The van der Waals surface area contributed by atoms with E-state index >= 15 is 0 Å². The molecule has 0 unspecified atom stereocenters. The van der Waals surface area contributed by atoms with Gasteiger partial charge in [0, 0.05) is 36.4 Å². The predicted octanol–water partition coefficient (Wildman–Crippen LogP) is 3.24. The molecule has 1 amide bonds. The van der Waals surface area contributed by atoms with Crippen molar-refractivity contribution < 1.29 is 9.90 Å². The van der Waals surface area contributed by atoms with Gasteiger partial charge in [0.25, 0.3) is 5.91 Å². The highest BCUT2D eigenvalue weighted by atomic mass is 79.9. The molecule has 0 saturated heterocycles. The van der Waals surface area contributed by atoms with Crippen LogP contribution in [0.4, 0.5) is 0 Å². The average molecular weight is 446 g/mol. The number of halogens is 1. The number of likely N-dealkylation sites (N-methyl/N-ethyl adjacent to an activating group) is 1. The summed E-state index contributed by atoms with van der Waals surface area (Å²) in [7, 11) is 1.68. The van der Waals surface area contributed by atoms with Gasteiger partial charge in [-0.1, -0.05) is 47.3 Å². The molecule has 1 aromatic carbocycles. The molecular formula is C21H24BrN3O3. The summed E-state index contributed by atoms with van der Waals surface area (Å²) >= 11 is 3.58. The first-order valence-electron chi connectivity index (χ1n) is 9.75. The Balaban J connectivity index is 1.83. The van der Waals surface area contributed by atoms with E-state index in [-0.39, 0.29) is 17.0 Å². The minimum Gasteiger partial charge on any atom is -0.501 e. The standard InChI is InChI=1S/C21H24BrN3O3/c1-24-10-11-25-16(23-19(27)18(26)17(25)20(24)28)13-21(8-3-2-4-9-21)14-6-5-7-15(22)12-14/h5-7,12,26H,2-4,8-11,13H2,1H3. The van der Waals surface area contributed by atoms with Crippen molar-refractivity contribution in [2.24, 2.45) is 0 Å². The van der Waals surface area contributed by atoms with E-state index in [9.17, 15) is 14.7 Å². The highest BCUT2D eigenvalue weighted by Crippen LogP contribution is 2.42. The van der Waals surface area contributed by atoms with Crippen molar-refractivity contribution in [1.29, 1.82) is 0 Å². The van der Waals surface area contributed by atoms with Crippen molar-refractivity contribution >= 4 is 21.8 Å². The summed E-state index contributed by atoms with van der Waals surface area (Å²) in [5.74, 6) is -0.272. The van der Waals surface area contributed by atoms with Crippen LogP contribution in [-0.2, 0) is 18.4 Å². The van der Waals surface area contributed by atoms with Gasteiger partial charge >= 0.3 is 5.56 Å². The Bertz CT molecular complexity index is 979. The maximum absolute atomic E-state index is 12.6. The van der Waals surface area contributed by atoms with Crippen LogP contribution in [0.2, 0.25) is 0 Å². The van der Waals surface area contributed by atoms with E-state index in [2.05, 4.69) is 33.0 Å². The lowest BCUT2D eigenvalue weighted by Gasteiger charge is -2.39. The fourth-order valence-electron chi connectivity index (χ4n) is 4.63. The maximum Gasteiger partial charge on any atom is 0.315 e. The first-order chi connectivity index (χ1) is 13.4. The van der Waals surface area contributed by atoms with Crippen LogP contribution < -0.4 is 5.56 Å². The van der Waals surface area contributed by atoms with Gasteiger partial charge in [-0.05, 0) is 30.5 Å². The zero-order valence-corrected chi connectivity index (χ0v) is 17.5. The fourth-order valence-corrected chi connectivity index (χ4v) is 5.03. The average Bonchev–Trinajstić information content (AvgIpc) is 2.69. The number of benzene rings is 1. The van der Waals surface area contributed by atoms with Crippen LogP contribution in [0.15, 0.2) is 33.5 Å². The monoisotopic (exact) mass is 445 g/mol. The summed E-state index contributed by atoms with van der Waals surface area (Å²) in [6.45, 7) is 1.06. The topological polar surface area (TPSA) is 75.4 Å². The van der Waals surface area contributed by atoms with Gasteiger partial charge in [-0.2, -0.15) is 4.98 Å². The Labute approximate surface area is 172 Å². The lowest BCUT2D eigenvalue weighted by molar-refractivity contribution is 0.0737. The van der Waals surface area contributed by atoms with Crippen LogP contribution in [0.5, 0.6) is 5.75 Å². The molecule has 0 bridgehead atoms. The molecule has 4 rings (SSSR count). The van der Waals surface area contributed by atoms with Gasteiger partial charge in [0.15, 0.2) is 5.69 Å². The number of hydrogen-bond donors (Lipinski definition) is 1. The fraction of sp³-hybridized carbons (Fsp3) is 0.476. The second-order valence-corrected chi connectivity index (χ2v) is 8.85. The normalized spacial score (nSPS) is 18.8. The van der Waals surface area contributed by atoms with Gasteiger partial charge in [-0.15, -0.1) is 0 Å². The highest BCUT2D eigenvalue weighted by Gasteiger charge is 2.37. The Morgan fingerprint density at radius 1 is 1.18 bits per heavy atom. The van der Waals surface area contributed by atoms with Crippen molar-refractivity contribution in [3.8, 4) is 5.75 Å². The Hall–Kier alpha value is -2.15. The molecule has 0 atom stereocenters. The summed E-state index contributed by atoms with van der Waals surface area (Å²) in [5.41, 5.74) is 0.470. The van der Waals surface area contributed by atoms with Crippen LogP contribution in [-0.4, -0.2) is 39.1 Å². The summed E-state index contributed by atoms with van der Waals surface area (Å²) in [6, 6.07) is 8.35. The Morgan fingerprint density at radius 2 is 1.93 bits per heavy atom. The molecule has 2 aliphatic rings. The van der Waals surface area contributed by atoms with Crippen molar-refractivity contribution in [2.75, 3.05) is 13.6 Å². The lowest BCUT2D eigenvalue weighted by atomic mass is 9.67. The molecule has 2 aromatic rings. The summed E-state index contributed by atoms with van der Waals surface area (Å²) in [6.07, 6.45) is 6.09. The third kappa shape index (κ3) is 3.26. The van der Waals surface area contributed by atoms with E-state index < -0.39 is 11.3 Å². The maximum atomic E-state index is 12.6. The van der Waals surface area contributed by atoms with E-state index in [1.165, 1.54) is 16.9 Å². The SMILES string of the molecule is CN1CCn2c(CC3(c4cccc(Br)c4)CCCCC3)nc(=O)c(O)c2C1=O. The molecule has 1 aliphatic carbocycles. The molecule has 28 heavy (non-hydrogen) atoms. The Kier molecular flexibility index (Phi) is 5.04. The van der Waals surface area contributed by atoms with Crippen LogP contribution in [0.3, 0.4) is 0 Å². The number of amides is 1. The number of nitrogens with zero attached hydrogens (tertiary/aromatic N) is 3. The van der Waals surface area contributed by atoms with Gasteiger partial charge in [0.05, 0.1) is 0 Å². The quantitative estimate of drug-likeness (QED) is 0.786. The van der Waals surface area contributed by atoms with Crippen LogP contribution >= 0.6 is 15.9 Å². The van der Waals surface area contributed by atoms with Crippen LogP contribution in [0.25, 0.3) is 0 Å². The summed E-state index contributed by atoms with van der Waals surface area (Å²) in [5, 5.41) is 10.2. The van der Waals surface area contributed by atoms with Crippen molar-refractivity contribution in [1.82, 2.24) is 14.5 Å². The molecular weight excluding hydrogens is 422 g/mol. The van der Waals surface area contributed by atoms with Crippen LogP contribution in [0.1, 0.15) is 54.0 Å². The number of carbonyl (C=O) groups excluding carboxylic acids is 1. The molecule has 2 heterocycles. The van der Waals surface area contributed by atoms with Gasteiger partial charge in [-0.3, -0.25) is 9.59 Å². The zero-order valence-electron chi connectivity index (χ0n) is 15.9. The van der Waals surface area contributed by atoms with E-state index in [4.69, 9.17) is 0 Å². The number of carbonyl (C=O) groups is 1. The third-order valence-electron chi connectivity index (χ3n) is 6.19. The molecule has 0 radical (unpaired) electrons. The van der Waals surface area contributed by atoms with Gasteiger partial charge in [0.1, 0.15) is 5.82 Å². The van der Waals surface area contributed by atoms with Crippen molar-refractivity contribution in [2.45, 2.75) is 50.5 Å². The molecule has 6 nitrogen and oxygen atoms in total. The molecule has 1 fully saturated rings. The van der Waals surface area contributed by atoms with Crippen LogP contribution in [0, 0.1) is 0 Å². The largest absolute Gasteiger partial charge is 0.501 e. The number of aromatic hydroxyl groups is 1. The smallest absolute Gasteiger partial charge is 0.315 e. The molecule has 1 saturated carbocycles. The molecule has 7 heteroatoms. The molecule has 1 N–H and O–H groups in total. The first-order valence-corrected chi connectivity index (χ1v) is 10.5. The minimum absolute atomic E-state index is 0.0731. The molecule has 148 valence electrons. The summed E-state index contributed by atoms with van der Waals surface area (Å²) < 4.78 is 2.79. The molecule has 1 aliphatic heterocycles. The number of rotatable bonds is 3. The summed E-state index contributed by atoms with van der Waals surface area (Å²) in [4.78, 5) is 30.7. The zero-order chi connectivity index (χ0) is 19.9. The Morgan fingerprint density at radius 3 is 2.64 bits per heavy atom. The predicted molar refractivity (Wildman–Crippen MR) is 110 cm³/mol. The van der Waals surface area contributed by atoms with E-state index in [0.29, 0.717) is 25.3 Å².